The fraction of sp³-hybridized carbons (Fsp3) is 0.200. The first kappa shape index (κ1) is 17.5. The van der Waals surface area contributed by atoms with Gasteiger partial charge in [0.15, 0.2) is 0 Å². The highest BCUT2D eigenvalue weighted by atomic mass is 16.5. The summed E-state index contributed by atoms with van der Waals surface area (Å²) < 4.78 is 10.7. The number of likely N-dealkylation sites (N-methyl/N-ethyl adjacent to an activating group) is 1. The van der Waals surface area contributed by atoms with E-state index in [1.807, 2.05) is 31.2 Å². The Kier molecular flexibility index (Phi) is 4.67. The predicted molar refractivity (Wildman–Crippen MR) is 99.0 cm³/mol. The van der Waals surface area contributed by atoms with Crippen LogP contribution in [0, 0.1) is 6.92 Å². The molecule has 2 amide bonds. The SMILES string of the molecule is COc1ccc(C)cc1NC1=C(c2ccccc2OC)C(=O)N(C)C1=O. The van der Waals surface area contributed by atoms with Crippen LogP contribution in [0.3, 0.4) is 0 Å². The second kappa shape index (κ2) is 6.92. The third-order valence-electron chi connectivity index (χ3n) is 4.28. The van der Waals surface area contributed by atoms with Crippen LogP contribution in [0.4, 0.5) is 5.69 Å². The minimum absolute atomic E-state index is 0.200. The first-order valence-corrected chi connectivity index (χ1v) is 8.09. The Bertz CT molecular complexity index is 918. The Morgan fingerprint density at radius 1 is 0.923 bits per heavy atom. The molecule has 0 unspecified atom stereocenters. The third kappa shape index (κ3) is 2.90. The molecule has 2 aromatic rings. The standard InChI is InChI=1S/C20H20N2O4/c1-12-9-10-16(26-4)14(11-12)21-18-17(19(23)22(2)20(18)24)13-7-5-6-8-15(13)25-3/h5-11,21H,1-4H3. The van der Waals surface area contributed by atoms with Crippen LogP contribution >= 0.6 is 0 Å². The number of imide groups is 1. The molecule has 0 fully saturated rings. The number of methoxy groups -OCH3 is 2. The van der Waals surface area contributed by atoms with Crippen LogP contribution in [-0.4, -0.2) is 38.0 Å². The Labute approximate surface area is 152 Å². The zero-order valence-corrected chi connectivity index (χ0v) is 15.1. The van der Waals surface area contributed by atoms with Crippen molar-refractivity contribution >= 4 is 23.1 Å². The van der Waals surface area contributed by atoms with E-state index < -0.39 is 5.91 Å². The summed E-state index contributed by atoms with van der Waals surface area (Å²) in [6, 6.07) is 12.7. The highest BCUT2D eigenvalue weighted by Gasteiger charge is 2.38. The van der Waals surface area contributed by atoms with Crippen LogP contribution in [0.25, 0.3) is 5.57 Å². The quantitative estimate of drug-likeness (QED) is 0.838. The van der Waals surface area contributed by atoms with Gasteiger partial charge in [0.2, 0.25) is 0 Å². The summed E-state index contributed by atoms with van der Waals surface area (Å²) in [7, 11) is 4.54. The number of rotatable bonds is 5. The van der Waals surface area contributed by atoms with Gasteiger partial charge < -0.3 is 14.8 Å². The number of nitrogens with one attached hydrogen (secondary N) is 1. The molecule has 0 spiro atoms. The number of hydrogen-bond donors (Lipinski definition) is 1. The maximum Gasteiger partial charge on any atom is 0.277 e. The summed E-state index contributed by atoms with van der Waals surface area (Å²) in [5.41, 5.74) is 2.65. The molecule has 1 N–H and O–H groups in total. The first-order chi connectivity index (χ1) is 12.5. The van der Waals surface area contributed by atoms with E-state index in [-0.39, 0.29) is 17.2 Å². The number of nitrogens with zero attached hydrogens (tertiary/aromatic N) is 1. The van der Waals surface area contributed by atoms with E-state index in [4.69, 9.17) is 9.47 Å². The fourth-order valence-corrected chi connectivity index (χ4v) is 2.91. The van der Waals surface area contributed by atoms with Crippen molar-refractivity contribution in [2.24, 2.45) is 0 Å². The van der Waals surface area contributed by atoms with E-state index in [9.17, 15) is 9.59 Å². The molecule has 0 radical (unpaired) electrons. The van der Waals surface area contributed by atoms with Crippen LogP contribution < -0.4 is 14.8 Å². The molecule has 6 heteroatoms. The number of aryl methyl sites for hydroxylation is 1. The molecule has 0 atom stereocenters. The second-order valence-electron chi connectivity index (χ2n) is 5.95. The maximum absolute atomic E-state index is 12.7. The van der Waals surface area contributed by atoms with E-state index in [0.29, 0.717) is 22.7 Å². The van der Waals surface area contributed by atoms with Crippen LogP contribution in [0.2, 0.25) is 0 Å². The molecular formula is C20H20N2O4. The summed E-state index contributed by atoms with van der Waals surface area (Å²) in [4.78, 5) is 26.5. The zero-order chi connectivity index (χ0) is 18.8. The number of carbonyl (C=O) groups is 2. The molecule has 3 rings (SSSR count). The summed E-state index contributed by atoms with van der Waals surface area (Å²) in [5, 5.41) is 3.10. The van der Waals surface area contributed by atoms with Crippen LogP contribution in [0.1, 0.15) is 11.1 Å². The summed E-state index contributed by atoms with van der Waals surface area (Å²) >= 11 is 0. The van der Waals surface area contributed by atoms with Crippen molar-refractivity contribution in [3.8, 4) is 11.5 Å². The van der Waals surface area contributed by atoms with E-state index in [2.05, 4.69) is 5.32 Å². The molecule has 0 aliphatic carbocycles. The van der Waals surface area contributed by atoms with Gasteiger partial charge >= 0.3 is 0 Å². The van der Waals surface area contributed by atoms with Crippen molar-refractivity contribution in [3.63, 3.8) is 0 Å². The molecule has 1 aliphatic heterocycles. The van der Waals surface area contributed by atoms with Crippen LogP contribution in [0.5, 0.6) is 11.5 Å². The monoisotopic (exact) mass is 352 g/mol. The fourth-order valence-electron chi connectivity index (χ4n) is 2.91. The average Bonchev–Trinajstić information content (AvgIpc) is 2.86. The third-order valence-corrected chi connectivity index (χ3v) is 4.28. The van der Waals surface area contributed by atoms with Crippen molar-refractivity contribution in [3.05, 3.63) is 59.3 Å². The molecule has 2 aromatic carbocycles. The van der Waals surface area contributed by atoms with Gasteiger partial charge in [0, 0.05) is 12.6 Å². The molecule has 0 aromatic heterocycles. The van der Waals surface area contributed by atoms with Gasteiger partial charge in [0.1, 0.15) is 17.2 Å². The number of amides is 2. The smallest absolute Gasteiger partial charge is 0.277 e. The minimum atomic E-state index is -0.403. The van der Waals surface area contributed by atoms with Gasteiger partial charge in [-0.25, -0.2) is 0 Å². The number of hydrogen-bond acceptors (Lipinski definition) is 5. The summed E-state index contributed by atoms with van der Waals surface area (Å²) in [6.07, 6.45) is 0. The number of carbonyl (C=O) groups excluding carboxylic acids is 2. The van der Waals surface area contributed by atoms with Gasteiger partial charge in [0.05, 0.1) is 25.5 Å². The molecule has 0 saturated carbocycles. The van der Waals surface area contributed by atoms with E-state index >= 15 is 0 Å². The average molecular weight is 352 g/mol. The lowest BCUT2D eigenvalue weighted by Gasteiger charge is -2.14. The minimum Gasteiger partial charge on any atom is -0.496 e. The van der Waals surface area contributed by atoms with E-state index in [1.165, 1.54) is 14.2 Å². The van der Waals surface area contributed by atoms with Crippen molar-refractivity contribution < 1.29 is 19.1 Å². The largest absolute Gasteiger partial charge is 0.496 e. The maximum atomic E-state index is 12.7. The van der Waals surface area contributed by atoms with Gasteiger partial charge in [-0.1, -0.05) is 24.3 Å². The molecule has 0 bridgehead atoms. The molecule has 6 nitrogen and oxygen atoms in total. The highest BCUT2D eigenvalue weighted by Crippen LogP contribution is 2.36. The van der Waals surface area contributed by atoms with Crippen molar-refractivity contribution in [1.29, 1.82) is 0 Å². The molecule has 0 saturated heterocycles. The Hall–Kier alpha value is -3.28. The Balaban J connectivity index is 2.17. The summed E-state index contributed by atoms with van der Waals surface area (Å²) in [5.74, 6) is 0.319. The van der Waals surface area contributed by atoms with E-state index in [0.717, 1.165) is 10.5 Å². The zero-order valence-electron chi connectivity index (χ0n) is 15.1. The number of para-hydroxylation sites is 1. The van der Waals surface area contributed by atoms with Gasteiger partial charge in [-0.2, -0.15) is 0 Å². The van der Waals surface area contributed by atoms with Crippen molar-refractivity contribution in [1.82, 2.24) is 4.90 Å². The first-order valence-electron chi connectivity index (χ1n) is 8.09. The van der Waals surface area contributed by atoms with Crippen molar-refractivity contribution in [2.75, 3.05) is 26.6 Å². The Morgan fingerprint density at radius 3 is 2.31 bits per heavy atom. The lowest BCUT2D eigenvalue weighted by molar-refractivity contribution is -0.135. The number of benzene rings is 2. The van der Waals surface area contributed by atoms with Gasteiger partial charge in [-0.3, -0.25) is 14.5 Å². The lowest BCUT2D eigenvalue weighted by atomic mass is 10.0. The highest BCUT2D eigenvalue weighted by molar-refractivity contribution is 6.36. The molecule has 1 aliphatic rings. The van der Waals surface area contributed by atoms with Crippen molar-refractivity contribution in [2.45, 2.75) is 6.92 Å². The van der Waals surface area contributed by atoms with Gasteiger partial charge in [-0.15, -0.1) is 0 Å². The summed E-state index contributed by atoms with van der Waals surface area (Å²) in [6.45, 7) is 1.94. The van der Waals surface area contributed by atoms with E-state index in [1.54, 1.807) is 25.3 Å². The van der Waals surface area contributed by atoms with Gasteiger partial charge in [0.25, 0.3) is 11.8 Å². The number of anilines is 1. The second-order valence-corrected chi connectivity index (χ2v) is 5.95. The Morgan fingerprint density at radius 2 is 1.62 bits per heavy atom. The van der Waals surface area contributed by atoms with Crippen LogP contribution in [-0.2, 0) is 9.59 Å². The molecule has 134 valence electrons. The molecule has 1 heterocycles. The lowest BCUT2D eigenvalue weighted by Crippen LogP contribution is -2.28. The van der Waals surface area contributed by atoms with Crippen LogP contribution in [0.15, 0.2) is 48.2 Å². The number of ether oxygens (including phenoxy) is 2. The topological polar surface area (TPSA) is 67.9 Å². The molecule has 26 heavy (non-hydrogen) atoms. The van der Waals surface area contributed by atoms with Gasteiger partial charge in [-0.05, 0) is 30.7 Å². The predicted octanol–water partition coefficient (Wildman–Crippen LogP) is 2.83. The molecular weight excluding hydrogens is 332 g/mol. The normalized spacial score (nSPS) is 14.1.